The zero-order chi connectivity index (χ0) is 18.2. The predicted octanol–water partition coefficient (Wildman–Crippen LogP) is 3.89. The van der Waals surface area contributed by atoms with Crippen LogP contribution in [0, 0.1) is 0 Å². The molecule has 3 rings (SSSR count). The minimum absolute atomic E-state index is 0.199. The van der Waals surface area contributed by atoms with Gasteiger partial charge < -0.3 is 14.2 Å². The number of esters is 3. The van der Waals surface area contributed by atoms with E-state index < -0.39 is 23.7 Å². The second kappa shape index (κ2) is 6.92. The van der Waals surface area contributed by atoms with Crippen LogP contribution >= 0.6 is 31.9 Å². The van der Waals surface area contributed by atoms with Gasteiger partial charge in [0.05, 0.1) is 4.47 Å². The molecule has 1 aliphatic carbocycles. The second-order valence-electron chi connectivity index (χ2n) is 5.85. The van der Waals surface area contributed by atoms with Crippen LogP contribution in [0.15, 0.2) is 26.7 Å². The lowest BCUT2D eigenvalue weighted by Crippen LogP contribution is -2.44. The number of rotatable bonds is 2. The summed E-state index contributed by atoms with van der Waals surface area (Å²) in [6.07, 6.45) is 4.02. The van der Waals surface area contributed by atoms with Gasteiger partial charge in [0.25, 0.3) is 5.79 Å². The van der Waals surface area contributed by atoms with Gasteiger partial charge in [-0.2, -0.15) is 0 Å². The van der Waals surface area contributed by atoms with Crippen LogP contribution in [0.1, 0.15) is 38.2 Å². The lowest BCUT2D eigenvalue weighted by molar-refractivity contribution is -0.232. The summed E-state index contributed by atoms with van der Waals surface area (Å²) in [6.45, 7) is 1.26. The first-order valence-electron chi connectivity index (χ1n) is 7.65. The van der Waals surface area contributed by atoms with Gasteiger partial charge in [0, 0.05) is 29.8 Å². The van der Waals surface area contributed by atoms with Crippen molar-refractivity contribution in [3.63, 3.8) is 0 Å². The number of benzene rings is 1. The van der Waals surface area contributed by atoms with Crippen LogP contribution in [0.4, 0.5) is 0 Å². The smallest absolute Gasteiger partial charge is 0.348 e. The van der Waals surface area contributed by atoms with E-state index in [-0.39, 0.29) is 11.3 Å². The molecule has 1 aromatic rings. The highest BCUT2D eigenvalue weighted by molar-refractivity contribution is 9.11. The van der Waals surface area contributed by atoms with Crippen LogP contribution in [0.25, 0.3) is 6.08 Å². The second-order valence-corrected chi connectivity index (χ2v) is 7.62. The van der Waals surface area contributed by atoms with Crippen molar-refractivity contribution < 1.29 is 28.6 Å². The van der Waals surface area contributed by atoms with Crippen LogP contribution in [0.2, 0.25) is 0 Å². The number of hydrogen-bond donors (Lipinski definition) is 0. The topological polar surface area (TPSA) is 78.9 Å². The fourth-order valence-electron chi connectivity index (χ4n) is 2.88. The Kier molecular flexibility index (Phi) is 5.02. The van der Waals surface area contributed by atoms with Crippen molar-refractivity contribution in [3.05, 3.63) is 32.2 Å². The van der Waals surface area contributed by atoms with Crippen molar-refractivity contribution >= 4 is 55.8 Å². The average Bonchev–Trinajstić information content (AvgIpc) is 2.93. The predicted molar refractivity (Wildman–Crippen MR) is 94.5 cm³/mol. The molecule has 0 atom stereocenters. The van der Waals surface area contributed by atoms with E-state index in [2.05, 4.69) is 31.9 Å². The molecule has 0 bridgehead atoms. The molecule has 1 heterocycles. The summed E-state index contributed by atoms with van der Waals surface area (Å²) in [5.74, 6) is -2.92. The Bertz CT molecular complexity index is 771. The van der Waals surface area contributed by atoms with Crippen molar-refractivity contribution in [1.29, 1.82) is 0 Å². The molecular formula is C17H14Br2O6. The first kappa shape index (κ1) is 18.1. The maximum absolute atomic E-state index is 12.4. The molecule has 1 spiro atoms. The molecule has 1 saturated heterocycles. The van der Waals surface area contributed by atoms with Crippen molar-refractivity contribution in [2.45, 2.75) is 38.4 Å². The van der Waals surface area contributed by atoms with E-state index in [0.717, 1.165) is 12.8 Å². The molecular weight excluding hydrogens is 460 g/mol. The fraction of sp³-hybridized carbons (Fsp3) is 0.353. The quantitative estimate of drug-likeness (QED) is 0.280. The number of carbonyl (C=O) groups is 3. The zero-order valence-electron chi connectivity index (χ0n) is 13.3. The SMILES string of the molecule is CC(=O)Oc1c(Br)cc(Br)cc1C=C1C(=O)OC2(CCCC2)OC1=O. The summed E-state index contributed by atoms with van der Waals surface area (Å²) in [5, 5.41) is 0. The minimum atomic E-state index is -1.12. The molecule has 1 saturated carbocycles. The largest absolute Gasteiger partial charge is 0.425 e. The molecule has 0 amide bonds. The summed E-state index contributed by atoms with van der Waals surface area (Å²) >= 11 is 6.63. The summed E-state index contributed by atoms with van der Waals surface area (Å²) < 4.78 is 17.1. The Balaban J connectivity index is 1.99. The van der Waals surface area contributed by atoms with Crippen LogP contribution in [-0.4, -0.2) is 23.7 Å². The number of halogens is 2. The molecule has 6 nitrogen and oxygen atoms in total. The van der Waals surface area contributed by atoms with E-state index in [1.807, 2.05) is 0 Å². The van der Waals surface area contributed by atoms with Gasteiger partial charge in [0.1, 0.15) is 5.57 Å². The zero-order valence-corrected chi connectivity index (χ0v) is 16.4. The molecule has 0 unspecified atom stereocenters. The first-order valence-corrected chi connectivity index (χ1v) is 9.24. The van der Waals surface area contributed by atoms with Crippen molar-refractivity contribution in [3.8, 4) is 5.75 Å². The highest BCUT2D eigenvalue weighted by atomic mass is 79.9. The third-order valence-electron chi connectivity index (χ3n) is 3.95. The highest BCUT2D eigenvalue weighted by Crippen LogP contribution is 2.40. The van der Waals surface area contributed by atoms with E-state index in [1.165, 1.54) is 13.0 Å². The number of hydrogen-bond acceptors (Lipinski definition) is 6. The Morgan fingerprint density at radius 2 is 1.76 bits per heavy atom. The van der Waals surface area contributed by atoms with Gasteiger partial charge in [-0.25, -0.2) is 9.59 Å². The number of carbonyl (C=O) groups excluding carboxylic acids is 3. The summed E-state index contributed by atoms with van der Waals surface area (Å²) in [4.78, 5) is 36.0. The normalized spacial score (nSPS) is 18.8. The van der Waals surface area contributed by atoms with Gasteiger partial charge >= 0.3 is 17.9 Å². The highest BCUT2D eigenvalue weighted by Gasteiger charge is 2.48. The molecule has 2 fully saturated rings. The van der Waals surface area contributed by atoms with E-state index in [4.69, 9.17) is 14.2 Å². The lowest BCUT2D eigenvalue weighted by Gasteiger charge is -2.32. The van der Waals surface area contributed by atoms with Crippen LogP contribution in [0.5, 0.6) is 5.75 Å². The van der Waals surface area contributed by atoms with Crippen molar-refractivity contribution in [1.82, 2.24) is 0 Å². The maximum Gasteiger partial charge on any atom is 0.348 e. The molecule has 1 aromatic carbocycles. The van der Waals surface area contributed by atoms with Gasteiger partial charge in [-0.3, -0.25) is 4.79 Å². The molecule has 132 valence electrons. The average molecular weight is 474 g/mol. The Labute approximate surface area is 160 Å². The van der Waals surface area contributed by atoms with Crippen molar-refractivity contribution in [2.75, 3.05) is 0 Å². The monoisotopic (exact) mass is 472 g/mol. The Morgan fingerprint density at radius 1 is 1.16 bits per heavy atom. The third-order valence-corrected chi connectivity index (χ3v) is 4.99. The van der Waals surface area contributed by atoms with Gasteiger partial charge in [-0.15, -0.1) is 0 Å². The van der Waals surface area contributed by atoms with Gasteiger partial charge in [-0.1, -0.05) is 15.9 Å². The molecule has 0 aromatic heterocycles. The standard InChI is InChI=1S/C17H14Br2O6/c1-9(20)23-14-10(6-11(18)8-13(14)19)7-12-15(21)24-17(25-16(12)22)4-2-3-5-17/h6-8H,2-5H2,1H3. The van der Waals surface area contributed by atoms with Gasteiger partial charge in [0.15, 0.2) is 5.75 Å². The molecule has 8 heteroatoms. The summed E-state index contributed by atoms with van der Waals surface area (Å²) in [5.41, 5.74) is 0.124. The molecule has 0 N–H and O–H groups in total. The summed E-state index contributed by atoms with van der Waals surface area (Å²) in [6, 6.07) is 3.31. The maximum atomic E-state index is 12.4. The van der Waals surface area contributed by atoms with Gasteiger partial charge in [0.2, 0.25) is 0 Å². The fourth-order valence-corrected chi connectivity index (χ4v) is 4.22. The van der Waals surface area contributed by atoms with E-state index in [0.29, 0.717) is 27.4 Å². The van der Waals surface area contributed by atoms with Gasteiger partial charge in [-0.05, 0) is 47.0 Å². The van der Waals surface area contributed by atoms with Crippen LogP contribution in [0.3, 0.4) is 0 Å². The Morgan fingerprint density at radius 3 is 2.32 bits per heavy atom. The van der Waals surface area contributed by atoms with E-state index in [9.17, 15) is 14.4 Å². The third kappa shape index (κ3) is 3.79. The lowest BCUT2D eigenvalue weighted by atomic mass is 10.1. The minimum Gasteiger partial charge on any atom is -0.425 e. The molecule has 1 aliphatic heterocycles. The Hall–Kier alpha value is -1.67. The number of ether oxygens (including phenoxy) is 3. The van der Waals surface area contributed by atoms with Crippen molar-refractivity contribution in [2.24, 2.45) is 0 Å². The first-order chi connectivity index (χ1) is 11.8. The van der Waals surface area contributed by atoms with E-state index >= 15 is 0 Å². The van der Waals surface area contributed by atoms with Crippen LogP contribution < -0.4 is 4.74 Å². The summed E-state index contributed by atoms with van der Waals surface area (Å²) in [7, 11) is 0. The van der Waals surface area contributed by atoms with E-state index in [1.54, 1.807) is 12.1 Å². The molecule has 25 heavy (non-hydrogen) atoms. The van der Waals surface area contributed by atoms with Crippen LogP contribution in [-0.2, 0) is 23.9 Å². The molecule has 0 radical (unpaired) electrons. The molecule has 2 aliphatic rings.